The van der Waals surface area contributed by atoms with Gasteiger partial charge in [0.25, 0.3) is 5.91 Å². The summed E-state index contributed by atoms with van der Waals surface area (Å²) in [4.78, 5) is 38.1. The molecular formula is C24H27N3O4. The molecular weight excluding hydrogens is 394 g/mol. The predicted octanol–water partition coefficient (Wildman–Crippen LogP) is 3.91. The molecule has 1 fully saturated rings. The Kier molecular flexibility index (Phi) is 6.44. The number of carbonyl (C=O) groups excluding carboxylic acids is 3. The van der Waals surface area contributed by atoms with Crippen molar-refractivity contribution in [3.63, 3.8) is 0 Å². The number of anilines is 1. The summed E-state index contributed by atoms with van der Waals surface area (Å²) in [7, 11) is 0. The summed E-state index contributed by atoms with van der Waals surface area (Å²) >= 11 is 0. The second-order valence-corrected chi connectivity index (χ2v) is 8.26. The number of ether oxygens (including phenoxy) is 1. The Balaban J connectivity index is 1.64. The van der Waals surface area contributed by atoms with Gasteiger partial charge in [0, 0.05) is 5.69 Å². The van der Waals surface area contributed by atoms with Crippen LogP contribution in [-0.2, 0) is 15.0 Å². The van der Waals surface area contributed by atoms with Gasteiger partial charge in [0.1, 0.15) is 18.0 Å². The number of rotatable bonds is 6. The zero-order chi connectivity index (χ0) is 22.6. The van der Waals surface area contributed by atoms with Gasteiger partial charge in [-0.15, -0.1) is 0 Å². The van der Waals surface area contributed by atoms with Crippen molar-refractivity contribution in [1.29, 1.82) is 0 Å². The molecule has 0 aliphatic carbocycles. The van der Waals surface area contributed by atoms with Crippen molar-refractivity contribution in [3.8, 4) is 5.75 Å². The average molecular weight is 421 g/mol. The van der Waals surface area contributed by atoms with Crippen molar-refractivity contribution in [1.82, 2.24) is 10.2 Å². The number of nitrogens with zero attached hydrogens (tertiary/aromatic N) is 1. The quantitative estimate of drug-likeness (QED) is 0.547. The van der Waals surface area contributed by atoms with Gasteiger partial charge in [-0.1, -0.05) is 45.0 Å². The Morgan fingerprint density at radius 2 is 1.71 bits per heavy atom. The van der Waals surface area contributed by atoms with Crippen LogP contribution in [0.1, 0.15) is 38.8 Å². The van der Waals surface area contributed by atoms with Gasteiger partial charge < -0.3 is 15.4 Å². The summed E-state index contributed by atoms with van der Waals surface area (Å²) in [5.74, 6) is -0.310. The Labute approximate surface area is 182 Å². The Bertz CT molecular complexity index is 1000. The molecule has 0 spiro atoms. The van der Waals surface area contributed by atoms with Gasteiger partial charge in [-0.05, 0) is 53.8 Å². The molecule has 2 aromatic rings. The first-order valence-corrected chi connectivity index (χ1v) is 10.1. The second-order valence-electron chi connectivity index (χ2n) is 8.26. The molecule has 0 aromatic heterocycles. The van der Waals surface area contributed by atoms with E-state index in [-0.39, 0.29) is 17.7 Å². The van der Waals surface area contributed by atoms with Crippen LogP contribution in [0.4, 0.5) is 10.5 Å². The van der Waals surface area contributed by atoms with Gasteiger partial charge in [0.05, 0.1) is 6.61 Å². The van der Waals surface area contributed by atoms with Crippen molar-refractivity contribution >= 4 is 29.6 Å². The van der Waals surface area contributed by atoms with E-state index in [1.807, 2.05) is 31.2 Å². The van der Waals surface area contributed by atoms with E-state index in [1.165, 1.54) is 5.56 Å². The summed E-state index contributed by atoms with van der Waals surface area (Å²) in [6, 6.07) is 14.0. The molecule has 1 heterocycles. The largest absolute Gasteiger partial charge is 0.494 e. The van der Waals surface area contributed by atoms with Crippen molar-refractivity contribution in [2.24, 2.45) is 0 Å². The molecule has 0 saturated carbocycles. The van der Waals surface area contributed by atoms with Crippen molar-refractivity contribution in [2.45, 2.75) is 33.1 Å². The molecule has 4 amide bonds. The normalized spacial score (nSPS) is 15.2. The van der Waals surface area contributed by atoms with Crippen molar-refractivity contribution < 1.29 is 19.1 Å². The summed E-state index contributed by atoms with van der Waals surface area (Å²) in [6.45, 7) is 8.43. The molecule has 1 aliphatic rings. The molecule has 0 bridgehead atoms. The van der Waals surface area contributed by atoms with Crippen LogP contribution in [0.3, 0.4) is 0 Å². The molecule has 0 unspecified atom stereocenters. The van der Waals surface area contributed by atoms with Crippen LogP contribution in [0.5, 0.6) is 5.75 Å². The van der Waals surface area contributed by atoms with Crippen molar-refractivity contribution in [2.75, 3.05) is 18.5 Å². The van der Waals surface area contributed by atoms with Crippen LogP contribution in [0.25, 0.3) is 6.08 Å². The summed E-state index contributed by atoms with van der Waals surface area (Å²) in [6.07, 6.45) is 1.61. The molecule has 3 rings (SSSR count). The number of nitrogens with one attached hydrogen (secondary N) is 2. The number of urea groups is 1. The number of benzene rings is 2. The second kappa shape index (κ2) is 9.04. The van der Waals surface area contributed by atoms with Crippen molar-refractivity contribution in [3.05, 3.63) is 65.4 Å². The van der Waals surface area contributed by atoms with E-state index in [9.17, 15) is 14.4 Å². The number of amides is 4. The van der Waals surface area contributed by atoms with Gasteiger partial charge >= 0.3 is 6.03 Å². The highest BCUT2D eigenvalue weighted by Crippen LogP contribution is 2.23. The van der Waals surface area contributed by atoms with E-state index in [2.05, 4.69) is 31.4 Å². The zero-order valence-electron chi connectivity index (χ0n) is 18.2. The highest BCUT2D eigenvalue weighted by Gasteiger charge is 2.34. The fraction of sp³-hybridized carbons (Fsp3) is 0.292. The molecule has 2 aromatic carbocycles. The Morgan fingerprint density at radius 3 is 2.29 bits per heavy atom. The maximum atomic E-state index is 12.6. The minimum atomic E-state index is -0.621. The molecule has 31 heavy (non-hydrogen) atoms. The lowest BCUT2D eigenvalue weighted by molar-refractivity contribution is -0.127. The highest BCUT2D eigenvalue weighted by molar-refractivity contribution is 6.15. The molecule has 0 atom stereocenters. The molecule has 1 saturated heterocycles. The lowest BCUT2D eigenvalue weighted by atomic mass is 9.87. The van der Waals surface area contributed by atoms with E-state index in [0.29, 0.717) is 18.0 Å². The lowest BCUT2D eigenvalue weighted by Crippen LogP contribution is -2.38. The van der Waals surface area contributed by atoms with E-state index < -0.39 is 17.8 Å². The van der Waals surface area contributed by atoms with Crippen LogP contribution in [0.15, 0.2) is 54.2 Å². The average Bonchev–Trinajstić information content (AvgIpc) is 2.97. The van der Waals surface area contributed by atoms with Crippen LogP contribution < -0.4 is 15.4 Å². The third kappa shape index (κ3) is 5.51. The first-order chi connectivity index (χ1) is 14.7. The minimum absolute atomic E-state index is 0.0244. The number of carbonyl (C=O) groups is 3. The molecule has 2 N–H and O–H groups in total. The predicted molar refractivity (Wildman–Crippen MR) is 120 cm³/mol. The Hall–Kier alpha value is -3.61. The fourth-order valence-corrected chi connectivity index (χ4v) is 3.11. The molecule has 0 radical (unpaired) electrons. The fourth-order valence-electron chi connectivity index (χ4n) is 3.11. The van der Waals surface area contributed by atoms with E-state index >= 15 is 0 Å². The highest BCUT2D eigenvalue weighted by atomic mass is 16.5. The SMILES string of the molecule is CCOc1ccc(NC(=O)CN2C(=O)N/C(=C\c3ccc(C(C)(C)C)cc3)C2=O)cc1. The first-order valence-electron chi connectivity index (χ1n) is 10.1. The number of hydrogen-bond donors (Lipinski definition) is 2. The molecule has 7 nitrogen and oxygen atoms in total. The third-order valence-electron chi connectivity index (χ3n) is 4.80. The monoisotopic (exact) mass is 421 g/mol. The van der Waals surface area contributed by atoms with Crippen LogP contribution in [0, 0.1) is 0 Å². The van der Waals surface area contributed by atoms with E-state index in [4.69, 9.17) is 4.74 Å². The summed E-state index contributed by atoms with van der Waals surface area (Å²) in [5, 5.41) is 5.22. The van der Waals surface area contributed by atoms with E-state index in [0.717, 1.165) is 10.5 Å². The van der Waals surface area contributed by atoms with Crippen LogP contribution in [0.2, 0.25) is 0 Å². The first kappa shape index (κ1) is 22.1. The lowest BCUT2D eigenvalue weighted by Gasteiger charge is -2.18. The summed E-state index contributed by atoms with van der Waals surface area (Å²) < 4.78 is 5.36. The maximum Gasteiger partial charge on any atom is 0.329 e. The number of imide groups is 1. The standard InChI is InChI=1S/C24H27N3O4/c1-5-31-19-12-10-18(11-13-19)25-21(28)15-27-22(29)20(26-23(27)30)14-16-6-8-17(9-7-16)24(2,3)4/h6-14H,5,15H2,1-4H3,(H,25,28)(H,26,30)/b20-14-. The van der Waals surface area contributed by atoms with Gasteiger partial charge in [-0.2, -0.15) is 0 Å². The third-order valence-corrected chi connectivity index (χ3v) is 4.80. The van der Waals surface area contributed by atoms with Crippen LogP contribution in [-0.4, -0.2) is 35.9 Å². The van der Waals surface area contributed by atoms with Crippen LogP contribution >= 0.6 is 0 Å². The van der Waals surface area contributed by atoms with E-state index in [1.54, 1.807) is 30.3 Å². The van der Waals surface area contributed by atoms with Gasteiger partial charge in [0.15, 0.2) is 0 Å². The maximum absolute atomic E-state index is 12.6. The summed E-state index contributed by atoms with van der Waals surface area (Å²) in [5.41, 5.74) is 2.68. The zero-order valence-corrected chi connectivity index (χ0v) is 18.2. The molecule has 7 heteroatoms. The van der Waals surface area contributed by atoms with Gasteiger partial charge in [-0.25, -0.2) is 9.69 Å². The van der Waals surface area contributed by atoms with Gasteiger partial charge in [-0.3, -0.25) is 9.59 Å². The molecule has 162 valence electrons. The minimum Gasteiger partial charge on any atom is -0.494 e. The topological polar surface area (TPSA) is 87.7 Å². The Morgan fingerprint density at radius 1 is 1.06 bits per heavy atom. The van der Waals surface area contributed by atoms with Gasteiger partial charge in [0.2, 0.25) is 5.91 Å². The molecule has 1 aliphatic heterocycles. The smallest absolute Gasteiger partial charge is 0.329 e. The number of hydrogen-bond acceptors (Lipinski definition) is 4.